The Morgan fingerprint density at radius 3 is 2.42 bits per heavy atom. The maximum Gasteiger partial charge on any atom is 0.123 e. The van der Waals surface area contributed by atoms with Gasteiger partial charge in [0.2, 0.25) is 0 Å². The predicted molar refractivity (Wildman–Crippen MR) is 75.3 cm³/mol. The number of nitrogens with two attached hydrogens (primary N) is 1. The smallest absolute Gasteiger partial charge is 0.123 e. The molecule has 0 amide bonds. The standard InChI is InChI=1S/C15H17FN2O/c1-18(13-4-6-14(19-2)7-5-13)15-8-3-12(16)9-11(15)10-17/h3-9H,10,17H2,1-2H3. The van der Waals surface area contributed by atoms with Gasteiger partial charge in [-0.25, -0.2) is 4.39 Å². The predicted octanol–water partition coefficient (Wildman–Crippen LogP) is 3.06. The van der Waals surface area contributed by atoms with Gasteiger partial charge in [-0.05, 0) is 48.0 Å². The van der Waals surface area contributed by atoms with Gasteiger partial charge in [0.15, 0.2) is 0 Å². The first-order valence-electron chi connectivity index (χ1n) is 6.02. The fraction of sp³-hybridized carbons (Fsp3) is 0.200. The van der Waals surface area contributed by atoms with Gasteiger partial charge in [0.05, 0.1) is 7.11 Å². The topological polar surface area (TPSA) is 38.5 Å². The fourth-order valence-corrected chi connectivity index (χ4v) is 1.99. The number of halogens is 1. The zero-order valence-electron chi connectivity index (χ0n) is 11.1. The zero-order chi connectivity index (χ0) is 13.8. The van der Waals surface area contributed by atoms with Crippen molar-refractivity contribution >= 4 is 11.4 Å². The molecule has 4 heteroatoms. The molecule has 2 aromatic rings. The van der Waals surface area contributed by atoms with Crippen LogP contribution in [0.1, 0.15) is 5.56 Å². The van der Waals surface area contributed by atoms with Crippen molar-refractivity contribution in [1.82, 2.24) is 0 Å². The molecular formula is C15H17FN2O. The van der Waals surface area contributed by atoms with Gasteiger partial charge in [-0.1, -0.05) is 0 Å². The van der Waals surface area contributed by atoms with Crippen molar-refractivity contribution in [2.75, 3.05) is 19.1 Å². The molecule has 0 heterocycles. The van der Waals surface area contributed by atoms with E-state index in [1.807, 2.05) is 36.2 Å². The number of nitrogens with zero attached hydrogens (tertiary/aromatic N) is 1. The van der Waals surface area contributed by atoms with Gasteiger partial charge in [0.25, 0.3) is 0 Å². The first-order valence-corrected chi connectivity index (χ1v) is 6.02. The fourth-order valence-electron chi connectivity index (χ4n) is 1.99. The highest BCUT2D eigenvalue weighted by Crippen LogP contribution is 2.28. The molecule has 100 valence electrons. The Morgan fingerprint density at radius 1 is 1.16 bits per heavy atom. The Hall–Kier alpha value is -2.07. The number of hydrogen-bond acceptors (Lipinski definition) is 3. The van der Waals surface area contributed by atoms with Crippen molar-refractivity contribution < 1.29 is 9.13 Å². The van der Waals surface area contributed by atoms with E-state index in [2.05, 4.69) is 0 Å². The van der Waals surface area contributed by atoms with E-state index in [-0.39, 0.29) is 5.82 Å². The summed E-state index contributed by atoms with van der Waals surface area (Å²) >= 11 is 0. The highest BCUT2D eigenvalue weighted by molar-refractivity contribution is 5.66. The monoisotopic (exact) mass is 260 g/mol. The lowest BCUT2D eigenvalue weighted by Gasteiger charge is -2.22. The third-order valence-corrected chi connectivity index (χ3v) is 3.08. The molecule has 0 radical (unpaired) electrons. The van der Waals surface area contributed by atoms with Crippen molar-refractivity contribution in [1.29, 1.82) is 0 Å². The van der Waals surface area contributed by atoms with Crippen LogP contribution >= 0.6 is 0 Å². The Labute approximate surface area is 112 Å². The summed E-state index contributed by atoms with van der Waals surface area (Å²) in [5, 5.41) is 0. The van der Waals surface area contributed by atoms with Crippen molar-refractivity contribution in [2.45, 2.75) is 6.54 Å². The van der Waals surface area contributed by atoms with Crippen LogP contribution in [0.5, 0.6) is 5.75 Å². The summed E-state index contributed by atoms with van der Waals surface area (Å²) in [4.78, 5) is 1.97. The molecule has 2 N–H and O–H groups in total. The maximum absolute atomic E-state index is 13.2. The quantitative estimate of drug-likeness (QED) is 0.918. The van der Waals surface area contributed by atoms with E-state index < -0.39 is 0 Å². The molecule has 3 nitrogen and oxygen atoms in total. The lowest BCUT2D eigenvalue weighted by atomic mass is 10.1. The summed E-state index contributed by atoms with van der Waals surface area (Å²) in [5.41, 5.74) is 8.33. The van der Waals surface area contributed by atoms with Gasteiger partial charge in [-0.3, -0.25) is 0 Å². The molecule has 0 fully saturated rings. The summed E-state index contributed by atoms with van der Waals surface area (Å²) in [6.45, 7) is 0.299. The second-order valence-electron chi connectivity index (χ2n) is 4.23. The van der Waals surface area contributed by atoms with Gasteiger partial charge in [0.1, 0.15) is 11.6 Å². The SMILES string of the molecule is COc1ccc(N(C)c2ccc(F)cc2CN)cc1. The van der Waals surface area contributed by atoms with Crippen LogP contribution in [-0.2, 0) is 6.54 Å². The lowest BCUT2D eigenvalue weighted by Crippen LogP contribution is -2.13. The molecule has 0 atom stereocenters. The van der Waals surface area contributed by atoms with Gasteiger partial charge in [-0.15, -0.1) is 0 Å². The first-order chi connectivity index (χ1) is 9.15. The van der Waals surface area contributed by atoms with Gasteiger partial charge in [-0.2, -0.15) is 0 Å². The number of benzene rings is 2. The molecule has 0 aliphatic heterocycles. The van der Waals surface area contributed by atoms with E-state index in [0.29, 0.717) is 6.54 Å². The summed E-state index contributed by atoms with van der Waals surface area (Å²) < 4.78 is 18.3. The molecule has 2 aromatic carbocycles. The number of methoxy groups -OCH3 is 1. The van der Waals surface area contributed by atoms with Gasteiger partial charge in [0, 0.05) is 25.0 Å². The van der Waals surface area contributed by atoms with E-state index in [4.69, 9.17) is 10.5 Å². The van der Waals surface area contributed by atoms with Crippen LogP contribution in [0.15, 0.2) is 42.5 Å². The average molecular weight is 260 g/mol. The van der Waals surface area contributed by atoms with E-state index in [0.717, 1.165) is 22.7 Å². The average Bonchev–Trinajstić information content (AvgIpc) is 2.46. The molecule has 0 aliphatic rings. The number of rotatable bonds is 4. The van der Waals surface area contributed by atoms with E-state index in [1.54, 1.807) is 13.2 Å². The second-order valence-corrected chi connectivity index (χ2v) is 4.23. The molecule has 0 spiro atoms. The van der Waals surface area contributed by atoms with Crippen LogP contribution < -0.4 is 15.4 Å². The van der Waals surface area contributed by atoms with E-state index >= 15 is 0 Å². The van der Waals surface area contributed by atoms with Crippen LogP contribution in [0.3, 0.4) is 0 Å². The summed E-state index contributed by atoms with van der Waals surface area (Å²) in [6.07, 6.45) is 0. The zero-order valence-corrected chi connectivity index (χ0v) is 11.1. The molecule has 2 rings (SSSR count). The van der Waals surface area contributed by atoms with Crippen molar-refractivity contribution in [2.24, 2.45) is 5.73 Å². The van der Waals surface area contributed by atoms with E-state index in [9.17, 15) is 4.39 Å². The number of hydrogen-bond donors (Lipinski definition) is 1. The molecule has 0 saturated heterocycles. The Bertz CT molecular complexity index is 555. The lowest BCUT2D eigenvalue weighted by molar-refractivity contribution is 0.415. The first kappa shape index (κ1) is 13.4. The minimum atomic E-state index is -0.271. The van der Waals surface area contributed by atoms with Crippen LogP contribution in [0.2, 0.25) is 0 Å². The van der Waals surface area contributed by atoms with Crippen LogP contribution in [-0.4, -0.2) is 14.2 Å². The van der Waals surface area contributed by atoms with Crippen molar-refractivity contribution in [3.8, 4) is 5.75 Å². The van der Waals surface area contributed by atoms with Gasteiger partial charge < -0.3 is 15.4 Å². The minimum absolute atomic E-state index is 0.271. The van der Waals surface area contributed by atoms with Crippen molar-refractivity contribution in [3.63, 3.8) is 0 Å². The molecular weight excluding hydrogens is 243 g/mol. The molecule has 0 aliphatic carbocycles. The Balaban J connectivity index is 2.34. The highest BCUT2D eigenvalue weighted by Gasteiger charge is 2.09. The second kappa shape index (κ2) is 5.71. The molecule has 0 unspecified atom stereocenters. The normalized spacial score (nSPS) is 10.3. The van der Waals surface area contributed by atoms with Crippen LogP contribution in [0, 0.1) is 5.82 Å². The number of ether oxygens (including phenoxy) is 1. The largest absolute Gasteiger partial charge is 0.497 e. The summed E-state index contributed by atoms with van der Waals surface area (Å²) in [7, 11) is 3.55. The highest BCUT2D eigenvalue weighted by atomic mass is 19.1. The number of anilines is 2. The third-order valence-electron chi connectivity index (χ3n) is 3.08. The molecule has 0 bridgehead atoms. The minimum Gasteiger partial charge on any atom is -0.497 e. The van der Waals surface area contributed by atoms with Crippen LogP contribution in [0.25, 0.3) is 0 Å². The summed E-state index contributed by atoms with van der Waals surface area (Å²) in [6, 6.07) is 12.3. The van der Waals surface area contributed by atoms with Crippen molar-refractivity contribution in [3.05, 3.63) is 53.8 Å². The maximum atomic E-state index is 13.2. The van der Waals surface area contributed by atoms with Gasteiger partial charge >= 0.3 is 0 Å². The van der Waals surface area contributed by atoms with E-state index in [1.165, 1.54) is 12.1 Å². The third kappa shape index (κ3) is 2.85. The Morgan fingerprint density at radius 2 is 1.84 bits per heavy atom. The molecule has 0 saturated carbocycles. The molecule has 0 aromatic heterocycles. The molecule has 19 heavy (non-hydrogen) atoms. The van der Waals surface area contributed by atoms with Crippen LogP contribution in [0.4, 0.5) is 15.8 Å². The Kier molecular flexibility index (Phi) is 4.02. The summed E-state index contributed by atoms with van der Waals surface area (Å²) in [5.74, 6) is 0.530.